The molecule has 0 aliphatic heterocycles. The number of carbonyl (C=O) groups is 2. The zero-order chi connectivity index (χ0) is 24.1. The predicted molar refractivity (Wildman–Crippen MR) is 125 cm³/mol. The highest BCUT2D eigenvalue weighted by atomic mass is 16.6. The maximum absolute atomic E-state index is 12.2. The van der Waals surface area contributed by atoms with Gasteiger partial charge in [-0.3, -0.25) is 24.7 Å². The number of carbonyl (C=O) groups excluding carboxylic acids is 2. The highest BCUT2D eigenvalue weighted by Crippen LogP contribution is 2.32. The Labute approximate surface area is 194 Å². The Morgan fingerprint density at radius 3 is 2.44 bits per heavy atom. The van der Waals surface area contributed by atoms with E-state index in [1.807, 2.05) is 19.1 Å². The van der Waals surface area contributed by atoms with Crippen LogP contribution in [-0.2, 0) is 16.0 Å². The molecule has 0 radical (unpaired) electrons. The molecule has 0 fully saturated rings. The number of aryl methyl sites for hydroxylation is 1. The number of nitrogens with zero attached hydrogens (tertiary/aromatic N) is 2. The number of non-ortho nitro benzene ring substituents is 1. The first kappa shape index (κ1) is 22.4. The number of amides is 1. The molecule has 1 aromatic heterocycles. The van der Waals surface area contributed by atoms with Crippen LogP contribution in [0.4, 0.5) is 11.4 Å². The van der Waals surface area contributed by atoms with Gasteiger partial charge in [0.2, 0.25) is 6.41 Å². The number of hydrogen-bond donors (Lipinski definition) is 1. The number of benzene rings is 3. The lowest BCUT2D eigenvalue weighted by molar-refractivity contribution is -0.384. The summed E-state index contributed by atoms with van der Waals surface area (Å²) in [7, 11) is 0. The van der Waals surface area contributed by atoms with Crippen molar-refractivity contribution in [3.63, 3.8) is 0 Å². The van der Waals surface area contributed by atoms with Gasteiger partial charge in [0.05, 0.1) is 16.9 Å². The monoisotopic (exact) mass is 457 g/mol. The lowest BCUT2D eigenvalue weighted by Gasteiger charge is -2.12. The third-order valence-corrected chi connectivity index (χ3v) is 5.04. The number of nitrogens with one attached hydrogen (secondary N) is 1. The van der Waals surface area contributed by atoms with E-state index in [0.717, 1.165) is 16.5 Å². The van der Waals surface area contributed by atoms with Crippen molar-refractivity contribution in [3.05, 3.63) is 94.2 Å². The second-order valence-electron chi connectivity index (χ2n) is 7.40. The first-order valence-electron chi connectivity index (χ1n) is 10.2. The van der Waals surface area contributed by atoms with E-state index < -0.39 is 10.9 Å². The minimum atomic E-state index is -0.522. The summed E-state index contributed by atoms with van der Waals surface area (Å²) in [6.07, 6.45) is 2.29. The summed E-state index contributed by atoms with van der Waals surface area (Å²) >= 11 is 0. The molecule has 0 aliphatic rings. The van der Waals surface area contributed by atoms with Gasteiger partial charge in [-0.1, -0.05) is 12.1 Å². The van der Waals surface area contributed by atoms with Crippen LogP contribution in [0.5, 0.6) is 17.2 Å². The van der Waals surface area contributed by atoms with Crippen LogP contribution in [0, 0.1) is 17.0 Å². The van der Waals surface area contributed by atoms with Gasteiger partial charge in [0, 0.05) is 29.4 Å². The Hall–Kier alpha value is -4.79. The maximum Gasteiger partial charge on any atom is 0.315 e. The van der Waals surface area contributed by atoms with E-state index in [2.05, 4.69) is 10.3 Å². The third-order valence-electron chi connectivity index (χ3n) is 5.04. The number of nitro groups is 1. The second kappa shape index (κ2) is 9.78. The average Bonchev–Trinajstić information content (AvgIpc) is 2.81. The van der Waals surface area contributed by atoms with Crippen molar-refractivity contribution in [2.45, 2.75) is 13.3 Å². The molecule has 0 saturated carbocycles. The number of ether oxygens (including phenoxy) is 2. The van der Waals surface area contributed by atoms with Crippen molar-refractivity contribution >= 4 is 34.7 Å². The number of hydrogen-bond acceptors (Lipinski definition) is 7. The van der Waals surface area contributed by atoms with Crippen molar-refractivity contribution < 1.29 is 24.0 Å². The molecule has 4 rings (SSSR count). The molecule has 0 atom stereocenters. The van der Waals surface area contributed by atoms with E-state index in [0.29, 0.717) is 29.2 Å². The number of anilines is 1. The fourth-order valence-corrected chi connectivity index (χ4v) is 3.35. The van der Waals surface area contributed by atoms with Gasteiger partial charge in [0.25, 0.3) is 5.69 Å². The normalized spacial score (nSPS) is 10.5. The number of esters is 1. The van der Waals surface area contributed by atoms with E-state index >= 15 is 0 Å². The average molecular weight is 457 g/mol. The van der Waals surface area contributed by atoms with Crippen molar-refractivity contribution in [1.82, 2.24) is 4.98 Å². The maximum atomic E-state index is 12.2. The van der Waals surface area contributed by atoms with E-state index in [4.69, 9.17) is 9.47 Å². The minimum absolute atomic E-state index is 0.0233. The van der Waals surface area contributed by atoms with Gasteiger partial charge in [-0.25, -0.2) is 0 Å². The van der Waals surface area contributed by atoms with Gasteiger partial charge in [-0.2, -0.15) is 0 Å². The summed E-state index contributed by atoms with van der Waals surface area (Å²) in [5.41, 5.74) is 2.92. The van der Waals surface area contributed by atoms with E-state index in [-0.39, 0.29) is 17.9 Å². The molecule has 0 unspecified atom stereocenters. The van der Waals surface area contributed by atoms with Gasteiger partial charge < -0.3 is 14.8 Å². The van der Waals surface area contributed by atoms with Crippen LogP contribution in [0.15, 0.2) is 72.9 Å². The number of pyridine rings is 1. The molecule has 1 heterocycles. The van der Waals surface area contributed by atoms with Gasteiger partial charge in [-0.15, -0.1) is 0 Å². The lowest BCUT2D eigenvalue weighted by Crippen LogP contribution is -2.11. The molecule has 0 aliphatic carbocycles. The van der Waals surface area contributed by atoms with Crippen LogP contribution in [0.3, 0.4) is 0 Å². The zero-order valence-electron chi connectivity index (χ0n) is 18.1. The number of aromatic nitrogens is 1. The smallest absolute Gasteiger partial charge is 0.315 e. The molecular weight excluding hydrogens is 438 g/mol. The Morgan fingerprint density at radius 2 is 1.76 bits per heavy atom. The molecular formula is C25H19N3O6. The number of nitro benzene ring substituents is 1. The van der Waals surface area contributed by atoms with Crippen LogP contribution >= 0.6 is 0 Å². The SMILES string of the molecule is Cc1cc2nccc(Oc3ccc(CC(=O)Oc4ccc([N+](=O)[O-])cc4)cc3)c2cc1NC=O. The minimum Gasteiger partial charge on any atom is -0.457 e. The largest absolute Gasteiger partial charge is 0.457 e. The fourth-order valence-electron chi connectivity index (χ4n) is 3.35. The Bertz CT molecular complexity index is 1370. The second-order valence-corrected chi connectivity index (χ2v) is 7.40. The Morgan fingerprint density at radius 1 is 1.06 bits per heavy atom. The topological polar surface area (TPSA) is 121 Å². The summed E-state index contributed by atoms with van der Waals surface area (Å²) in [4.78, 5) is 37.6. The van der Waals surface area contributed by atoms with Gasteiger partial charge in [0.1, 0.15) is 17.2 Å². The van der Waals surface area contributed by atoms with Crippen molar-refractivity contribution in [1.29, 1.82) is 0 Å². The van der Waals surface area contributed by atoms with E-state index in [9.17, 15) is 19.7 Å². The molecule has 170 valence electrons. The van der Waals surface area contributed by atoms with Crippen molar-refractivity contribution in [2.24, 2.45) is 0 Å². The summed E-state index contributed by atoms with van der Waals surface area (Å²) in [5.74, 6) is 0.877. The molecule has 0 bridgehead atoms. The van der Waals surface area contributed by atoms with Crippen molar-refractivity contribution in [3.8, 4) is 17.2 Å². The highest BCUT2D eigenvalue weighted by Gasteiger charge is 2.11. The van der Waals surface area contributed by atoms with E-state index in [1.165, 1.54) is 24.3 Å². The number of rotatable bonds is 8. The molecule has 34 heavy (non-hydrogen) atoms. The lowest BCUT2D eigenvalue weighted by atomic mass is 10.1. The quantitative estimate of drug-likeness (QED) is 0.130. The summed E-state index contributed by atoms with van der Waals surface area (Å²) < 4.78 is 11.3. The van der Waals surface area contributed by atoms with Gasteiger partial charge in [-0.05, 0) is 60.5 Å². The van der Waals surface area contributed by atoms with Gasteiger partial charge in [0.15, 0.2) is 0 Å². The van der Waals surface area contributed by atoms with Crippen LogP contribution in [0.25, 0.3) is 10.9 Å². The Balaban J connectivity index is 1.44. The fraction of sp³-hybridized carbons (Fsp3) is 0.0800. The summed E-state index contributed by atoms with van der Waals surface area (Å²) in [6, 6.07) is 17.7. The van der Waals surface area contributed by atoms with Crippen molar-refractivity contribution in [2.75, 3.05) is 5.32 Å². The summed E-state index contributed by atoms with van der Waals surface area (Å²) in [5, 5.41) is 14.1. The first-order chi connectivity index (χ1) is 16.4. The van der Waals surface area contributed by atoms with Crippen LogP contribution < -0.4 is 14.8 Å². The molecule has 4 aromatic rings. The Kier molecular flexibility index (Phi) is 6.45. The summed E-state index contributed by atoms with van der Waals surface area (Å²) in [6.45, 7) is 1.88. The van der Waals surface area contributed by atoms with Crippen LogP contribution in [0.2, 0.25) is 0 Å². The predicted octanol–water partition coefficient (Wildman–Crippen LogP) is 4.96. The molecule has 9 nitrogen and oxygen atoms in total. The first-order valence-corrected chi connectivity index (χ1v) is 10.2. The molecule has 9 heteroatoms. The molecule has 1 amide bonds. The van der Waals surface area contributed by atoms with Crippen LogP contribution in [-0.4, -0.2) is 22.3 Å². The van der Waals surface area contributed by atoms with Crippen LogP contribution in [0.1, 0.15) is 11.1 Å². The standard InChI is InChI=1S/C25H19N3O6/c1-16-12-23-21(14-22(16)27-15-29)24(10-11-26-23)33-19-6-2-17(3-7-19)13-25(30)34-20-8-4-18(5-9-20)28(31)32/h2-12,14-15H,13H2,1H3,(H,27,29). The van der Waals surface area contributed by atoms with E-state index in [1.54, 1.807) is 36.5 Å². The zero-order valence-corrected chi connectivity index (χ0v) is 18.1. The molecule has 0 spiro atoms. The number of fused-ring (bicyclic) bond motifs is 1. The van der Waals surface area contributed by atoms with Gasteiger partial charge >= 0.3 is 5.97 Å². The molecule has 1 N–H and O–H groups in total. The molecule has 3 aromatic carbocycles. The highest BCUT2D eigenvalue weighted by molar-refractivity contribution is 5.91. The molecule has 0 saturated heterocycles. The third kappa shape index (κ3) is 5.16.